The molecule has 0 aromatic carbocycles. The van der Waals surface area contributed by atoms with Crippen LogP contribution in [-0.4, -0.2) is 41.9 Å². The third-order valence-electron chi connectivity index (χ3n) is 3.01. The van der Waals surface area contributed by atoms with Gasteiger partial charge in [0, 0.05) is 25.6 Å². The van der Waals surface area contributed by atoms with Crippen LogP contribution in [0.1, 0.15) is 33.6 Å². The summed E-state index contributed by atoms with van der Waals surface area (Å²) in [5, 5.41) is 2.84. The highest BCUT2D eigenvalue weighted by Crippen LogP contribution is 2.13. The Bertz CT molecular complexity index is 291. The SMILES string of the molecule is CC(C)CNC(=O)[C@@H](C)N1C[C@@H](N)CCC1=O. The smallest absolute Gasteiger partial charge is 0.242 e. The molecule has 0 aromatic heterocycles. The third kappa shape index (κ3) is 4.00. The van der Waals surface area contributed by atoms with E-state index >= 15 is 0 Å². The van der Waals surface area contributed by atoms with Gasteiger partial charge in [0.2, 0.25) is 11.8 Å². The van der Waals surface area contributed by atoms with Crippen LogP contribution in [0.15, 0.2) is 0 Å². The molecule has 5 heteroatoms. The monoisotopic (exact) mass is 241 g/mol. The zero-order valence-corrected chi connectivity index (χ0v) is 10.9. The van der Waals surface area contributed by atoms with E-state index in [0.717, 1.165) is 6.42 Å². The standard InChI is InChI=1S/C12H23N3O2/c1-8(2)6-14-12(17)9(3)15-7-10(13)4-5-11(15)16/h8-10H,4-7,13H2,1-3H3,(H,14,17)/t9-,10+/m1/s1. The van der Waals surface area contributed by atoms with Crippen LogP contribution in [0.25, 0.3) is 0 Å². The van der Waals surface area contributed by atoms with Gasteiger partial charge < -0.3 is 16.0 Å². The predicted octanol–water partition coefficient (Wildman–Crippen LogP) is 0.0968. The maximum absolute atomic E-state index is 11.9. The molecule has 1 fully saturated rings. The molecule has 0 aliphatic carbocycles. The Balaban J connectivity index is 2.52. The molecule has 1 rings (SSSR count). The van der Waals surface area contributed by atoms with Crippen LogP contribution in [0.2, 0.25) is 0 Å². The second-order valence-electron chi connectivity index (χ2n) is 5.16. The van der Waals surface area contributed by atoms with Gasteiger partial charge in [-0.1, -0.05) is 13.8 Å². The van der Waals surface area contributed by atoms with Gasteiger partial charge in [-0.3, -0.25) is 9.59 Å². The predicted molar refractivity (Wildman–Crippen MR) is 66.2 cm³/mol. The first-order valence-electron chi connectivity index (χ1n) is 6.24. The lowest BCUT2D eigenvalue weighted by Gasteiger charge is -2.34. The number of hydrogen-bond acceptors (Lipinski definition) is 3. The fourth-order valence-electron chi connectivity index (χ4n) is 1.87. The summed E-state index contributed by atoms with van der Waals surface area (Å²) in [7, 11) is 0. The van der Waals surface area contributed by atoms with Crippen molar-refractivity contribution in [3.63, 3.8) is 0 Å². The molecule has 17 heavy (non-hydrogen) atoms. The van der Waals surface area contributed by atoms with Crippen molar-refractivity contribution in [2.75, 3.05) is 13.1 Å². The number of piperidine rings is 1. The van der Waals surface area contributed by atoms with Crippen molar-refractivity contribution in [3.8, 4) is 0 Å². The van der Waals surface area contributed by atoms with Crippen molar-refractivity contribution in [1.29, 1.82) is 0 Å². The molecule has 5 nitrogen and oxygen atoms in total. The molecule has 1 heterocycles. The minimum absolute atomic E-state index is 0.00644. The first kappa shape index (κ1) is 14.0. The Morgan fingerprint density at radius 3 is 2.76 bits per heavy atom. The highest BCUT2D eigenvalue weighted by molar-refractivity contribution is 5.87. The lowest BCUT2D eigenvalue weighted by Crippen LogP contribution is -2.54. The van der Waals surface area contributed by atoms with Crippen molar-refractivity contribution < 1.29 is 9.59 Å². The van der Waals surface area contributed by atoms with Gasteiger partial charge in [-0.15, -0.1) is 0 Å². The number of amides is 2. The van der Waals surface area contributed by atoms with Crippen LogP contribution in [0, 0.1) is 5.92 Å². The average molecular weight is 241 g/mol. The molecule has 2 atom stereocenters. The quantitative estimate of drug-likeness (QED) is 0.733. The Morgan fingerprint density at radius 1 is 1.53 bits per heavy atom. The van der Waals surface area contributed by atoms with Crippen LogP contribution >= 0.6 is 0 Å². The molecule has 0 saturated carbocycles. The molecule has 0 unspecified atom stereocenters. The lowest BCUT2D eigenvalue weighted by molar-refractivity contribution is -0.142. The second kappa shape index (κ2) is 6.00. The molecule has 1 aliphatic rings. The van der Waals surface area contributed by atoms with Crippen LogP contribution in [-0.2, 0) is 9.59 Å². The summed E-state index contributed by atoms with van der Waals surface area (Å²) in [5.41, 5.74) is 5.82. The van der Waals surface area contributed by atoms with Gasteiger partial charge in [-0.2, -0.15) is 0 Å². The van der Waals surface area contributed by atoms with Crippen molar-refractivity contribution >= 4 is 11.8 Å². The highest BCUT2D eigenvalue weighted by atomic mass is 16.2. The number of likely N-dealkylation sites (tertiary alicyclic amines) is 1. The molecule has 0 aromatic rings. The summed E-state index contributed by atoms with van der Waals surface area (Å²) in [4.78, 5) is 25.2. The summed E-state index contributed by atoms with van der Waals surface area (Å²) >= 11 is 0. The van der Waals surface area contributed by atoms with Gasteiger partial charge in [-0.05, 0) is 19.3 Å². The molecule has 1 saturated heterocycles. The van der Waals surface area contributed by atoms with Gasteiger partial charge in [0.1, 0.15) is 6.04 Å². The van der Waals surface area contributed by atoms with Gasteiger partial charge in [0.25, 0.3) is 0 Å². The van der Waals surface area contributed by atoms with E-state index in [1.807, 2.05) is 13.8 Å². The first-order valence-corrected chi connectivity index (χ1v) is 6.24. The molecule has 0 bridgehead atoms. The Kier molecular flexibility index (Phi) is 4.93. The maximum atomic E-state index is 11.9. The van der Waals surface area contributed by atoms with Crippen molar-refractivity contribution in [3.05, 3.63) is 0 Å². The topological polar surface area (TPSA) is 75.4 Å². The Morgan fingerprint density at radius 2 is 2.18 bits per heavy atom. The van der Waals surface area contributed by atoms with E-state index in [2.05, 4.69) is 5.32 Å². The fourth-order valence-corrected chi connectivity index (χ4v) is 1.87. The minimum Gasteiger partial charge on any atom is -0.354 e. The summed E-state index contributed by atoms with van der Waals surface area (Å²) < 4.78 is 0. The summed E-state index contributed by atoms with van der Waals surface area (Å²) in [5.74, 6) is 0.338. The van der Waals surface area contributed by atoms with Gasteiger partial charge in [0.05, 0.1) is 0 Å². The van der Waals surface area contributed by atoms with E-state index in [0.29, 0.717) is 25.4 Å². The number of carbonyl (C=O) groups excluding carboxylic acids is 2. The van der Waals surface area contributed by atoms with E-state index < -0.39 is 6.04 Å². The van der Waals surface area contributed by atoms with E-state index in [1.165, 1.54) is 0 Å². The third-order valence-corrected chi connectivity index (χ3v) is 3.01. The first-order chi connectivity index (χ1) is 7.91. The Hall–Kier alpha value is -1.10. The molecule has 98 valence electrons. The maximum Gasteiger partial charge on any atom is 0.242 e. The van der Waals surface area contributed by atoms with Crippen molar-refractivity contribution in [2.45, 2.75) is 45.7 Å². The number of carbonyl (C=O) groups is 2. The van der Waals surface area contributed by atoms with Crippen LogP contribution in [0.4, 0.5) is 0 Å². The molecule has 2 amide bonds. The van der Waals surface area contributed by atoms with E-state index in [9.17, 15) is 9.59 Å². The van der Waals surface area contributed by atoms with Crippen LogP contribution < -0.4 is 11.1 Å². The Labute approximate surface area is 103 Å². The number of hydrogen-bond donors (Lipinski definition) is 2. The number of nitrogens with zero attached hydrogens (tertiary/aromatic N) is 1. The zero-order chi connectivity index (χ0) is 13.0. The molecular weight excluding hydrogens is 218 g/mol. The zero-order valence-electron chi connectivity index (χ0n) is 10.9. The molecule has 1 aliphatic heterocycles. The molecular formula is C12H23N3O2. The lowest BCUT2D eigenvalue weighted by atomic mass is 10.0. The summed E-state index contributed by atoms with van der Waals surface area (Å²) in [6, 6.07) is -0.430. The van der Waals surface area contributed by atoms with E-state index in [4.69, 9.17) is 5.73 Å². The molecule has 0 spiro atoms. The second-order valence-corrected chi connectivity index (χ2v) is 5.16. The van der Waals surface area contributed by atoms with Crippen molar-refractivity contribution in [1.82, 2.24) is 10.2 Å². The van der Waals surface area contributed by atoms with Gasteiger partial charge in [-0.25, -0.2) is 0 Å². The molecule has 3 N–H and O–H groups in total. The highest BCUT2D eigenvalue weighted by Gasteiger charge is 2.30. The fraction of sp³-hybridized carbons (Fsp3) is 0.833. The molecule has 0 radical (unpaired) electrons. The normalized spacial score (nSPS) is 22.8. The average Bonchev–Trinajstić information content (AvgIpc) is 2.28. The number of nitrogens with one attached hydrogen (secondary N) is 1. The van der Waals surface area contributed by atoms with Crippen LogP contribution in [0.5, 0.6) is 0 Å². The number of rotatable bonds is 4. The van der Waals surface area contributed by atoms with Crippen LogP contribution in [0.3, 0.4) is 0 Å². The largest absolute Gasteiger partial charge is 0.354 e. The van der Waals surface area contributed by atoms with Gasteiger partial charge in [0.15, 0.2) is 0 Å². The van der Waals surface area contributed by atoms with Crippen molar-refractivity contribution in [2.24, 2.45) is 11.7 Å². The summed E-state index contributed by atoms with van der Waals surface area (Å²) in [6.07, 6.45) is 1.17. The summed E-state index contributed by atoms with van der Waals surface area (Å²) in [6.45, 7) is 6.94. The minimum atomic E-state index is -0.424. The van der Waals surface area contributed by atoms with Gasteiger partial charge >= 0.3 is 0 Å². The number of nitrogens with two attached hydrogens (primary N) is 1. The van der Waals surface area contributed by atoms with E-state index in [1.54, 1.807) is 11.8 Å². The van der Waals surface area contributed by atoms with E-state index in [-0.39, 0.29) is 17.9 Å².